The number of hydrogen-bond donors (Lipinski definition) is 1. The van der Waals surface area contributed by atoms with Gasteiger partial charge in [0.2, 0.25) is 15.9 Å². The van der Waals surface area contributed by atoms with Gasteiger partial charge in [0.1, 0.15) is 30.4 Å². The van der Waals surface area contributed by atoms with Gasteiger partial charge in [-0.25, -0.2) is 21.1 Å². The van der Waals surface area contributed by atoms with E-state index in [1.54, 1.807) is 30.3 Å². The molecule has 0 aromatic heterocycles. The largest absolute Gasteiger partial charge is 0.497 e. The Hall–Kier alpha value is -3.81. The van der Waals surface area contributed by atoms with E-state index in [1.807, 2.05) is 0 Å². The minimum atomic E-state index is -4.15. The zero-order valence-electron chi connectivity index (χ0n) is 22.0. The summed E-state index contributed by atoms with van der Waals surface area (Å²) in [7, 11) is -1.97. The van der Waals surface area contributed by atoms with Gasteiger partial charge in [-0.3, -0.25) is 9.10 Å². The van der Waals surface area contributed by atoms with E-state index in [1.165, 1.54) is 70.8 Å². The highest BCUT2D eigenvalue weighted by Gasteiger charge is 2.29. The van der Waals surface area contributed by atoms with Crippen LogP contribution in [-0.2, 0) is 24.8 Å². The molecule has 1 N–H and O–H groups in total. The first-order chi connectivity index (χ1) is 18.5. The van der Waals surface area contributed by atoms with Crippen LogP contribution in [0.2, 0.25) is 0 Å². The molecule has 0 aliphatic heterocycles. The number of anilines is 1. The maximum atomic E-state index is 13.6. The van der Waals surface area contributed by atoms with Gasteiger partial charge < -0.3 is 19.5 Å². The third-order valence-electron chi connectivity index (χ3n) is 5.57. The van der Waals surface area contributed by atoms with Crippen LogP contribution < -0.4 is 23.8 Å². The first-order valence-corrected chi connectivity index (χ1v) is 14.6. The van der Waals surface area contributed by atoms with Crippen molar-refractivity contribution in [3.63, 3.8) is 0 Å². The van der Waals surface area contributed by atoms with Crippen LogP contribution in [0.1, 0.15) is 0 Å². The first-order valence-electron chi connectivity index (χ1n) is 11.7. The average molecular weight is 578 g/mol. The lowest BCUT2D eigenvalue weighted by atomic mass is 10.2. The van der Waals surface area contributed by atoms with Gasteiger partial charge in [-0.05, 0) is 48.5 Å². The van der Waals surface area contributed by atoms with Crippen molar-refractivity contribution in [2.24, 2.45) is 0 Å². The van der Waals surface area contributed by atoms with Crippen molar-refractivity contribution in [1.29, 1.82) is 0 Å². The molecule has 3 aromatic rings. The number of carbonyl (C=O) groups is 1. The van der Waals surface area contributed by atoms with E-state index in [4.69, 9.17) is 14.2 Å². The number of amides is 1. The highest BCUT2D eigenvalue weighted by atomic mass is 32.2. The standard InChI is InChI=1S/C26H31N3O8S2/c1-28(2)38(31,32)23-13-10-20(11-14-23)37-17-16-27-26(30)19-29(39(33,34)22-8-6-5-7-9-22)24-18-21(35-3)12-15-25(24)36-4/h5-15,18H,16-17,19H2,1-4H3,(H,27,30). The average Bonchev–Trinajstić information content (AvgIpc) is 2.94. The van der Waals surface area contributed by atoms with Gasteiger partial charge in [0.15, 0.2) is 0 Å². The lowest BCUT2D eigenvalue weighted by Crippen LogP contribution is -2.42. The fourth-order valence-electron chi connectivity index (χ4n) is 3.48. The molecule has 13 heteroatoms. The predicted octanol–water partition coefficient (Wildman–Crippen LogP) is 2.34. The topological polar surface area (TPSA) is 132 Å². The number of nitrogens with one attached hydrogen (secondary N) is 1. The van der Waals surface area contributed by atoms with Gasteiger partial charge in [-0.1, -0.05) is 18.2 Å². The summed E-state index contributed by atoms with van der Waals surface area (Å²) >= 11 is 0. The van der Waals surface area contributed by atoms with E-state index in [-0.39, 0.29) is 34.4 Å². The maximum Gasteiger partial charge on any atom is 0.264 e. The number of carbonyl (C=O) groups excluding carboxylic acids is 1. The number of benzene rings is 3. The number of hydrogen-bond acceptors (Lipinski definition) is 8. The molecule has 0 unspecified atom stereocenters. The molecule has 3 aromatic carbocycles. The number of rotatable bonds is 13. The van der Waals surface area contributed by atoms with Crippen LogP contribution in [0.3, 0.4) is 0 Å². The molecule has 0 saturated carbocycles. The van der Waals surface area contributed by atoms with Crippen molar-refractivity contribution in [3.8, 4) is 17.2 Å². The Labute approximate surface area is 229 Å². The second-order valence-corrected chi connectivity index (χ2v) is 12.3. The van der Waals surface area contributed by atoms with E-state index in [0.29, 0.717) is 11.5 Å². The molecule has 0 aliphatic rings. The minimum absolute atomic E-state index is 0.00531. The molecule has 0 saturated heterocycles. The quantitative estimate of drug-likeness (QED) is 0.306. The molecule has 0 radical (unpaired) electrons. The van der Waals surface area contributed by atoms with Crippen molar-refractivity contribution >= 4 is 31.6 Å². The van der Waals surface area contributed by atoms with Crippen LogP contribution in [0.25, 0.3) is 0 Å². The van der Waals surface area contributed by atoms with Crippen molar-refractivity contribution in [3.05, 3.63) is 72.8 Å². The normalized spacial score (nSPS) is 11.6. The molecule has 0 fully saturated rings. The monoisotopic (exact) mass is 577 g/mol. The summed E-state index contributed by atoms with van der Waals surface area (Å²) in [6, 6.07) is 18.3. The van der Waals surface area contributed by atoms with Crippen LogP contribution in [0, 0.1) is 0 Å². The predicted molar refractivity (Wildman–Crippen MR) is 146 cm³/mol. The number of ether oxygens (including phenoxy) is 3. The second-order valence-electron chi connectivity index (χ2n) is 8.32. The third kappa shape index (κ3) is 7.19. The van der Waals surface area contributed by atoms with Crippen LogP contribution >= 0.6 is 0 Å². The van der Waals surface area contributed by atoms with E-state index < -0.39 is 32.5 Å². The van der Waals surface area contributed by atoms with Gasteiger partial charge in [-0.2, -0.15) is 0 Å². The maximum absolute atomic E-state index is 13.6. The Morgan fingerprint density at radius 1 is 0.795 bits per heavy atom. The van der Waals surface area contributed by atoms with E-state index in [0.717, 1.165) is 8.61 Å². The summed E-state index contributed by atoms with van der Waals surface area (Å²) in [6.07, 6.45) is 0. The SMILES string of the molecule is COc1ccc(OC)c(N(CC(=O)NCCOc2ccc(S(=O)(=O)N(C)C)cc2)S(=O)(=O)c2ccccc2)c1. The fraction of sp³-hybridized carbons (Fsp3) is 0.269. The Balaban J connectivity index is 1.72. The highest BCUT2D eigenvalue weighted by Crippen LogP contribution is 2.35. The van der Waals surface area contributed by atoms with Gasteiger partial charge in [-0.15, -0.1) is 0 Å². The van der Waals surface area contributed by atoms with Crippen molar-refractivity contribution in [2.45, 2.75) is 9.79 Å². The summed E-state index contributed by atoms with van der Waals surface area (Å²) < 4.78 is 69.8. The Bertz CT molecular complexity index is 1480. The fourth-order valence-corrected chi connectivity index (χ4v) is 5.82. The number of methoxy groups -OCH3 is 2. The summed E-state index contributed by atoms with van der Waals surface area (Å²) in [4.78, 5) is 13.0. The molecule has 1 amide bonds. The number of nitrogens with zero attached hydrogens (tertiary/aromatic N) is 2. The minimum Gasteiger partial charge on any atom is -0.497 e. The van der Waals surface area contributed by atoms with Gasteiger partial charge in [0, 0.05) is 20.2 Å². The van der Waals surface area contributed by atoms with Crippen LogP contribution in [-0.4, -0.2) is 75.1 Å². The molecule has 0 spiro atoms. The zero-order chi connectivity index (χ0) is 28.6. The third-order valence-corrected chi connectivity index (χ3v) is 9.17. The molecule has 210 valence electrons. The van der Waals surface area contributed by atoms with E-state index >= 15 is 0 Å². The summed E-state index contributed by atoms with van der Waals surface area (Å²) in [5.41, 5.74) is 0.139. The first kappa shape index (κ1) is 29.7. The van der Waals surface area contributed by atoms with Gasteiger partial charge >= 0.3 is 0 Å². The molecule has 0 aliphatic carbocycles. The zero-order valence-corrected chi connectivity index (χ0v) is 23.7. The van der Waals surface area contributed by atoms with Crippen molar-refractivity contribution < 1.29 is 35.8 Å². The van der Waals surface area contributed by atoms with Gasteiger partial charge in [0.25, 0.3) is 10.0 Å². The molecule has 39 heavy (non-hydrogen) atoms. The molecule has 0 bridgehead atoms. The molecule has 0 heterocycles. The van der Waals surface area contributed by atoms with Crippen LogP contribution in [0.4, 0.5) is 5.69 Å². The Morgan fingerprint density at radius 3 is 2.00 bits per heavy atom. The highest BCUT2D eigenvalue weighted by molar-refractivity contribution is 7.92. The second kappa shape index (κ2) is 12.8. The Morgan fingerprint density at radius 2 is 1.41 bits per heavy atom. The number of sulfonamides is 2. The van der Waals surface area contributed by atoms with Crippen molar-refractivity contribution in [1.82, 2.24) is 9.62 Å². The Kier molecular flexibility index (Phi) is 9.78. The smallest absolute Gasteiger partial charge is 0.264 e. The molecular formula is C26H31N3O8S2. The lowest BCUT2D eigenvalue weighted by Gasteiger charge is -2.26. The van der Waals surface area contributed by atoms with Crippen LogP contribution in [0.5, 0.6) is 17.2 Å². The van der Waals surface area contributed by atoms with Crippen molar-refractivity contribution in [2.75, 3.05) is 52.3 Å². The van der Waals surface area contributed by atoms with E-state index in [9.17, 15) is 21.6 Å². The summed E-state index contributed by atoms with van der Waals surface area (Å²) in [5.74, 6) is 0.468. The molecular weight excluding hydrogens is 546 g/mol. The van der Waals surface area contributed by atoms with Gasteiger partial charge in [0.05, 0.1) is 36.2 Å². The van der Waals surface area contributed by atoms with E-state index in [2.05, 4.69) is 5.32 Å². The van der Waals surface area contributed by atoms with Crippen LogP contribution in [0.15, 0.2) is 82.6 Å². The summed E-state index contributed by atoms with van der Waals surface area (Å²) in [5, 5.41) is 2.65. The molecule has 0 atom stereocenters. The summed E-state index contributed by atoms with van der Waals surface area (Å²) in [6.45, 7) is -0.387. The molecule has 3 rings (SSSR count). The lowest BCUT2D eigenvalue weighted by molar-refractivity contribution is -0.119. The molecule has 11 nitrogen and oxygen atoms in total.